The Bertz CT molecular complexity index is 1040. The van der Waals surface area contributed by atoms with Crippen LogP contribution in [0.4, 0.5) is 0 Å². The van der Waals surface area contributed by atoms with E-state index in [9.17, 15) is 4.79 Å². The first-order chi connectivity index (χ1) is 14.5. The molecule has 2 aromatic carbocycles. The van der Waals surface area contributed by atoms with E-state index in [2.05, 4.69) is 15.5 Å². The summed E-state index contributed by atoms with van der Waals surface area (Å²) in [5.74, 6) is 1.20. The number of nitrogens with zero attached hydrogens (tertiary/aromatic N) is 2. The fraction of sp³-hybridized carbons (Fsp3) is 0.318. The van der Waals surface area contributed by atoms with Gasteiger partial charge in [-0.05, 0) is 61.5 Å². The number of hydrogen-bond acceptors (Lipinski definition) is 5. The van der Waals surface area contributed by atoms with Crippen molar-refractivity contribution in [2.24, 2.45) is 0 Å². The lowest BCUT2D eigenvalue weighted by molar-refractivity contribution is -0.121. The molecule has 0 spiro atoms. The molecule has 0 bridgehead atoms. The summed E-state index contributed by atoms with van der Waals surface area (Å²) < 4.78 is 13.0. The number of nitrogens with one attached hydrogen (secondary N) is 2. The fourth-order valence-corrected chi connectivity index (χ4v) is 3.14. The molecule has 1 heterocycles. The number of carbonyl (C=O) groups is 1. The summed E-state index contributed by atoms with van der Waals surface area (Å²) in [6.45, 7) is 5.00. The number of aromatic nitrogens is 3. The first kappa shape index (κ1) is 21.7. The lowest BCUT2D eigenvalue weighted by Gasteiger charge is -2.13. The second-order valence-corrected chi connectivity index (χ2v) is 7.46. The third-order valence-electron chi connectivity index (χ3n) is 4.57. The summed E-state index contributed by atoms with van der Waals surface area (Å²) in [6.07, 6.45) is 0.145. The van der Waals surface area contributed by atoms with Gasteiger partial charge < -0.3 is 14.8 Å². The van der Waals surface area contributed by atoms with Gasteiger partial charge >= 0.3 is 0 Å². The summed E-state index contributed by atoms with van der Waals surface area (Å²) in [4.78, 5) is 12.6. The summed E-state index contributed by atoms with van der Waals surface area (Å²) in [6, 6.07) is 15.4. The minimum absolute atomic E-state index is 0.0708. The lowest BCUT2D eigenvalue weighted by Crippen LogP contribution is -2.28. The highest BCUT2D eigenvalue weighted by atomic mass is 32.1. The Morgan fingerprint density at radius 3 is 2.53 bits per heavy atom. The molecule has 0 aliphatic rings. The first-order valence-corrected chi connectivity index (χ1v) is 10.1. The van der Waals surface area contributed by atoms with Crippen molar-refractivity contribution in [2.45, 2.75) is 39.6 Å². The third kappa shape index (κ3) is 5.55. The maximum atomic E-state index is 12.6. The summed E-state index contributed by atoms with van der Waals surface area (Å²) in [5.41, 5.74) is 2.93. The van der Waals surface area contributed by atoms with Crippen molar-refractivity contribution < 1.29 is 14.3 Å². The standard InChI is InChI=1S/C22H26N4O3S/c1-15(2)29-14-18-7-5-4-6-17(18)12-23-20(27)13-26-21(24-25-22(26)30)16-8-10-19(28-3)11-9-16/h4-11,15H,12-14H2,1-3H3,(H,23,27)(H,25,30). The molecular weight excluding hydrogens is 400 g/mol. The van der Waals surface area contributed by atoms with E-state index in [1.165, 1.54) is 0 Å². The predicted molar refractivity (Wildman–Crippen MR) is 118 cm³/mol. The van der Waals surface area contributed by atoms with Crippen LogP contribution in [-0.4, -0.2) is 33.9 Å². The van der Waals surface area contributed by atoms with Gasteiger partial charge in [0.15, 0.2) is 10.6 Å². The number of aromatic amines is 1. The zero-order chi connectivity index (χ0) is 21.5. The van der Waals surface area contributed by atoms with Gasteiger partial charge in [-0.25, -0.2) is 0 Å². The van der Waals surface area contributed by atoms with Gasteiger partial charge in [-0.1, -0.05) is 24.3 Å². The summed E-state index contributed by atoms with van der Waals surface area (Å²) in [5, 5.41) is 10.0. The topological polar surface area (TPSA) is 81.2 Å². The van der Waals surface area contributed by atoms with E-state index in [4.69, 9.17) is 21.7 Å². The van der Waals surface area contributed by atoms with Gasteiger partial charge in [-0.3, -0.25) is 14.5 Å². The van der Waals surface area contributed by atoms with Crippen LogP contribution in [0.1, 0.15) is 25.0 Å². The molecule has 158 valence electrons. The zero-order valence-electron chi connectivity index (χ0n) is 17.3. The van der Waals surface area contributed by atoms with E-state index in [0.29, 0.717) is 23.7 Å². The van der Waals surface area contributed by atoms with Crippen LogP contribution in [0, 0.1) is 4.77 Å². The highest BCUT2D eigenvalue weighted by Gasteiger charge is 2.13. The number of rotatable bonds is 9. The van der Waals surface area contributed by atoms with Crippen LogP contribution in [-0.2, 0) is 29.2 Å². The van der Waals surface area contributed by atoms with Crippen LogP contribution < -0.4 is 10.1 Å². The Hall–Kier alpha value is -2.97. The number of carbonyl (C=O) groups excluding carboxylic acids is 1. The molecule has 0 atom stereocenters. The average Bonchev–Trinajstić information content (AvgIpc) is 3.11. The highest BCUT2D eigenvalue weighted by molar-refractivity contribution is 7.71. The van der Waals surface area contributed by atoms with Gasteiger partial charge in [0.25, 0.3) is 0 Å². The Morgan fingerprint density at radius 1 is 1.17 bits per heavy atom. The van der Waals surface area contributed by atoms with Crippen LogP contribution in [0.15, 0.2) is 48.5 Å². The van der Waals surface area contributed by atoms with E-state index in [1.54, 1.807) is 11.7 Å². The van der Waals surface area contributed by atoms with Gasteiger partial charge in [0.1, 0.15) is 12.3 Å². The molecule has 0 aliphatic heterocycles. The van der Waals surface area contributed by atoms with Crippen LogP contribution in [0.5, 0.6) is 5.75 Å². The molecule has 3 aromatic rings. The van der Waals surface area contributed by atoms with E-state index in [0.717, 1.165) is 22.4 Å². The van der Waals surface area contributed by atoms with Crippen molar-refractivity contribution in [3.05, 3.63) is 64.4 Å². The quantitative estimate of drug-likeness (QED) is 0.508. The molecule has 0 aliphatic carbocycles. The number of hydrogen-bond donors (Lipinski definition) is 2. The number of H-pyrrole nitrogens is 1. The summed E-state index contributed by atoms with van der Waals surface area (Å²) >= 11 is 5.32. The van der Waals surface area contributed by atoms with E-state index in [-0.39, 0.29) is 18.6 Å². The van der Waals surface area contributed by atoms with Crippen molar-refractivity contribution in [1.29, 1.82) is 0 Å². The SMILES string of the molecule is COc1ccc(-c2n[nH]c(=S)n2CC(=O)NCc2ccccc2COC(C)C)cc1. The Labute approximate surface area is 181 Å². The third-order valence-corrected chi connectivity index (χ3v) is 4.89. The Kier molecular flexibility index (Phi) is 7.37. The molecule has 8 heteroatoms. The van der Waals surface area contributed by atoms with Crippen LogP contribution >= 0.6 is 12.2 Å². The minimum Gasteiger partial charge on any atom is -0.497 e. The fourth-order valence-electron chi connectivity index (χ4n) is 2.95. The molecule has 0 saturated carbocycles. The van der Waals surface area contributed by atoms with Gasteiger partial charge in [-0.2, -0.15) is 5.10 Å². The molecule has 30 heavy (non-hydrogen) atoms. The Morgan fingerprint density at radius 2 is 1.87 bits per heavy atom. The van der Waals surface area contributed by atoms with Gasteiger partial charge in [-0.15, -0.1) is 0 Å². The van der Waals surface area contributed by atoms with Crippen LogP contribution in [0.2, 0.25) is 0 Å². The van der Waals surface area contributed by atoms with Crippen molar-refractivity contribution in [1.82, 2.24) is 20.1 Å². The second-order valence-electron chi connectivity index (χ2n) is 7.07. The smallest absolute Gasteiger partial charge is 0.240 e. The highest BCUT2D eigenvalue weighted by Crippen LogP contribution is 2.21. The first-order valence-electron chi connectivity index (χ1n) is 9.72. The van der Waals surface area contributed by atoms with Gasteiger partial charge in [0.05, 0.1) is 19.8 Å². The van der Waals surface area contributed by atoms with Crippen molar-refractivity contribution in [3.63, 3.8) is 0 Å². The molecule has 2 N–H and O–H groups in total. The Balaban J connectivity index is 1.68. The van der Waals surface area contributed by atoms with Gasteiger partial charge in [0.2, 0.25) is 5.91 Å². The lowest BCUT2D eigenvalue weighted by atomic mass is 10.1. The normalized spacial score (nSPS) is 10.9. The predicted octanol–water partition coefficient (Wildman–Crippen LogP) is 3.86. The van der Waals surface area contributed by atoms with Crippen LogP contribution in [0.25, 0.3) is 11.4 Å². The molecule has 0 fully saturated rings. The molecular formula is C22H26N4O3S. The van der Waals surface area contributed by atoms with Crippen molar-refractivity contribution in [3.8, 4) is 17.1 Å². The van der Waals surface area contributed by atoms with E-state index >= 15 is 0 Å². The number of ether oxygens (including phenoxy) is 2. The summed E-state index contributed by atoms with van der Waals surface area (Å²) in [7, 11) is 1.61. The maximum absolute atomic E-state index is 12.6. The van der Waals surface area contributed by atoms with Crippen LogP contribution in [0.3, 0.4) is 0 Å². The molecule has 3 rings (SSSR count). The van der Waals surface area contributed by atoms with Crippen molar-refractivity contribution >= 4 is 18.1 Å². The zero-order valence-corrected chi connectivity index (χ0v) is 18.2. The van der Waals surface area contributed by atoms with Gasteiger partial charge in [0, 0.05) is 12.1 Å². The van der Waals surface area contributed by atoms with Crippen molar-refractivity contribution in [2.75, 3.05) is 7.11 Å². The number of methoxy groups -OCH3 is 1. The minimum atomic E-state index is -0.151. The second kappa shape index (κ2) is 10.2. The number of amides is 1. The van der Waals surface area contributed by atoms with E-state index < -0.39 is 0 Å². The maximum Gasteiger partial charge on any atom is 0.240 e. The monoisotopic (exact) mass is 426 g/mol. The largest absolute Gasteiger partial charge is 0.497 e. The molecule has 0 unspecified atom stereocenters. The average molecular weight is 427 g/mol. The molecule has 1 aromatic heterocycles. The molecule has 0 radical (unpaired) electrons. The number of benzene rings is 2. The van der Waals surface area contributed by atoms with E-state index in [1.807, 2.05) is 62.4 Å². The molecule has 7 nitrogen and oxygen atoms in total. The molecule has 0 saturated heterocycles. The molecule has 1 amide bonds.